The molecule has 3 aromatic rings. The molecule has 1 amide bonds. The minimum atomic E-state index is -0.00384. The molecule has 0 saturated heterocycles. The Morgan fingerprint density at radius 2 is 2.09 bits per heavy atom. The second kappa shape index (κ2) is 9.05. The molecule has 0 fully saturated rings. The molecular formula is C26H30N6O3. The number of nitrogens with one attached hydrogen (secondary N) is 1. The average Bonchev–Trinajstić information content (AvgIpc) is 3.36. The van der Waals surface area contributed by atoms with Crippen molar-refractivity contribution < 1.29 is 13.9 Å². The third-order valence-corrected chi connectivity index (χ3v) is 7.08. The molecule has 182 valence electrons. The van der Waals surface area contributed by atoms with Gasteiger partial charge in [0.25, 0.3) is 11.6 Å². The SMILES string of the molecule is COc1ccnc(CN2CCc3c(cc(Cn4ccoc4=N)cc3C3C(C)=NN(C)C3C)C2=O)c1. The number of oxazole rings is 1. The van der Waals surface area contributed by atoms with E-state index in [2.05, 4.69) is 30.0 Å². The van der Waals surface area contributed by atoms with Crippen molar-refractivity contribution in [1.29, 1.82) is 5.41 Å². The summed E-state index contributed by atoms with van der Waals surface area (Å²) in [6.07, 6.45) is 5.71. The summed E-state index contributed by atoms with van der Waals surface area (Å²) >= 11 is 0. The quantitative estimate of drug-likeness (QED) is 0.592. The lowest BCUT2D eigenvalue weighted by Crippen LogP contribution is -2.39. The van der Waals surface area contributed by atoms with E-state index in [4.69, 9.17) is 14.6 Å². The monoisotopic (exact) mass is 474 g/mol. The first-order valence-corrected chi connectivity index (χ1v) is 11.8. The molecule has 35 heavy (non-hydrogen) atoms. The Kier molecular flexibility index (Phi) is 5.92. The molecule has 0 aliphatic carbocycles. The first-order chi connectivity index (χ1) is 16.9. The predicted molar refractivity (Wildman–Crippen MR) is 130 cm³/mol. The van der Waals surface area contributed by atoms with Crippen LogP contribution in [-0.2, 0) is 19.5 Å². The number of aromatic nitrogens is 2. The van der Waals surface area contributed by atoms with Crippen molar-refractivity contribution >= 4 is 11.6 Å². The molecular weight excluding hydrogens is 444 g/mol. The number of rotatable bonds is 6. The number of amides is 1. The van der Waals surface area contributed by atoms with Crippen LogP contribution in [0.15, 0.2) is 52.4 Å². The van der Waals surface area contributed by atoms with E-state index < -0.39 is 0 Å². The number of carbonyl (C=O) groups is 1. The van der Waals surface area contributed by atoms with Crippen LogP contribution in [0.5, 0.6) is 5.75 Å². The maximum atomic E-state index is 13.8. The molecule has 2 aliphatic heterocycles. The number of fused-ring (bicyclic) bond motifs is 1. The van der Waals surface area contributed by atoms with Crippen molar-refractivity contribution in [3.05, 3.63) is 76.6 Å². The largest absolute Gasteiger partial charge is 0.497 e. The molecule has 0 radical (unpaired) electrons. The smallest absolute Gasteiger partial charge is 0.293 e. The first-order valence-electron chi connectivity index (χ1n) is 11.8. The van der Waals surface area contributed by atoms with E-state index in [0.717, 1.165) is 45.8 Å². The number of methoxy groups -OCH3 is 1. The van der Waals surface area contributed by atoms with Gasteiger partial charge in [0.1, 0.15) is 12.0 Å². The van der Waals surface area contributed by atoms with Gasteiger partial charge in [-0.25, -0.2) is 0 Å². The Balaban J connectivity index is 1.54. The highest BCUT2D eigenvalue weighted by Gasteiger charge is 2.36. The van der Waals surface area contributed by atoms with Gasteiger partial charge in [0, 0.05) is 49.2 Å². The van der Waals surface area contributed by atoms with Crippen LogP contribution in [0, 0.1) is 5.41 Å². The van der Waals surface area contributed by atoms with Crippen molar-refractivity contribution in [2.75, 3.05) is 20.7 Å². The standard InChI is InChI=1S/C26H30N6O3/c1-16-24(17(2)30(3)29-16)22-11-18(14-32-9-10-35-26(32)27)12-23-21(22)6-8-31(25(23)33)15-19-13-20(34-4)5-7-28-19/h5,7,9-13,17,24,27H,6,8,14-15H2,1-4H3. The molecule has 2 aromatic heterocycles. The Morgan fingerprint density at radius 1 is 1.26 bits per heavy atom. The van der Waals surface area contributed by atoms with Gasteiger partial charge in [-0.3, -0.25) is 24.8 Å². The summed E-state index contributed by atoms with van der Waals surface area (Å²) in [5.74, 6) is 0.829. The molecule has 9 heteroatoms. The molecule has 9 nitrogen and oxygen atoms in total. The Bertz CT molecular complexity index is 1360. The third-order valence-electron chi connectivity index (χ3n) is 7.08. The third kappa shape index (κ3) is 4.22. The minimum Gasteiger partial charge on any atom is -0.497 e. The number of hydrazone groups is 1. The van der Waals surface area contributed by atoms with E-state index >= 15 is 0 Å². The van der Waals surface area contributed by atoms with E-state index in [0.29, 0.717) is 19.6 Å². The summed E-state index contributed by atoms with van der Waals surface area (Å²) in [5, 5.41) is 14.7. The van der Waals surface area contributed by atoms with Crippen molar-refractivity contribution in [2.45, 2.75) is 45.3 Å². The number of carbonyl (C=O) groups excluding carboxylic acids is 1. The van der Waals surface area contributed by atoms with Crippen molar-refractivity contribution in [3.8, 4) is 5.75 Å². The van der Waals surface area contributed by atoms with Crippen LogP contribution in [0.4, 0.5) is 0 Å². The summed E-state index contributed by atoms with van der Waals surface area (Å²) in [4.78, 5) is 20.0. The molecule has 2 aliphatic rings. The van der Waals surface area contributed by atoms with Gasteiger partial charge < -0.3 is 14.1 Å². The lowest BCUT2D eigenvalue weighted by Gasteiger charge is -2.32. The first kappa shape index (κ1) is 22.9. The number of likely N-dealkylation sites (N-methyl/N-ethyl adjacent to an activating group) is 1. The van der Waals surface area contributed by atoms with Gasteiger partial charge >= 0.3 is 0 Å². The minimum absolute atomic E-state index is 0.00384. The highest BCUT2D eigenvalue weighted by atomic mass is 16.5. The highest BCUT2D eigenvalue weighted by Crippen LogP contribution is 2.36. The number of nitrogens with zero attached hydrogens (tertiary/aromatic N) is 5. The maximum absolute atomic E-state index is 13.8. The highest BCUT2D eigenvalue weighted by molar-refractivity contribution is 5.99. The Morgan fingerprint density at radius 3 is 2.77 bits per heavy atom. The zero-order valence-electron chi connectivity index (χ0n) is 20.5. The lowest BCUT2D eigenvalue weighted by atomic mass is 9.81. The van der Waals surface area contributed by atoms with Gasteiger partial charge in [-0.1, -0.05) is 6.07 Å². The average molecular weight is 475 g/mol. The summed E-state index contributed by atoms with van der Waals surface area (Å²) in [6.45, 7) is 5.72. The number of hydrogen-bond donors (Lipinski definition) is 1. The topological polar surface area (TPSA) is 99.9 Å². The van der Waals surface area contributed by atoms with Gasteiger partial charge in [0.05, 0.1) is 31.9 Å². The van der Waals surface area contributed by atoms with Crippen LogP contribution in [-0.4, -0.2) is 57.8 Å². The lowest BCUT2D eigenvalue weighted by molar-refractivity contribution is 0.0724. The van der Waals surface area contributed by atoms with E-state index in [1.807, 2.05) is 29.1 Å². The number of benzene rings is 1. The molecule has 0 spiro atoms. The number of pyridine rings is 1. The van der Waals surface area contributed by atoms with E-state index in [1.165, 1.54) is 6.26 Å². The van der Waals surface area contributed by atoms with Crippen LogP contribution in [0.2, 0.25) is 0 Å². The normalized spacial score (nSPS) is 19.7. The van der Waals surface area contributed by atoms with Gasteiger partial charge in [0.2, 0.25) is 0 Å². The molecule has 2 unspecified atom stereocenters. The zero-order valence-corrected chi connectivity index (χ0v) is 20.5. The summed E-state index contributed by atoms with van der Waals surface area (Å²) in [6, 6.07) is 8.02. The summed E-state index contributed by atoms with van der Waals surface area (Å²) in [5.41, 5.74) is 5.84. The fourth-order valence-corrected chi connectivity index (χ4v) is 5.21. The van der Waals surface area contributed by atoms with Gasteiger partial charge in [-0.15, -0.1) is 0 Å². The number of hydrogen-bond acceptors (Lipinski definition) is 7. The summed E-state index contributed by atoms with van der Waals surface area (Å²) in [7, 11) is 3.61. The van der Waals surface area contributed by atoms with Crippen molar-refractivity contribution in [3.63, 3.8) is 0 Å². The summed E-state index contributed by atoms with van der Waals surface area (Å²) < 4.78 is 12.2. The van der Waals surface area contributed by atoms with Crippen molar-refractivity contribution in [1.82, 2.24) is 19.5 Å². The maximum Gasteiger partial charge on any atom is 0.293 e. The zero-order chi connectivity index (χ0) is 24.7. The fraction of sp³-hybridized carbons (Fsp3) is 0.385. The molecule has 4 heterocycles. The van der Waals surface area contributed by atoms with Crippen LogP contribution in [0.3, 0.4) is 0 Å². The Labute approximate surface area is 204 Å². The second-order valence-corrected chi connectivity index (χ2v) is 9.24. The molecule has 5 rings (SSSR count). The van der Waals surface area contributed by atoms with E-state index in [1.54, 1.807) is 30.1 Å². The van der Waals surface area contributed by atoms with E-state index in [9.17, 15) is 4.79 Å². The molecule has 0 saturated carbocycles. The molecule has 0 bridgehead atoms. The van der Waals surface area contributed by atoms with Gasteiger partial charge in [0.15, 0.2) is 0 Å². The van der Waals surface area contributed by atoms with Crippen LogP contribution in [0.1, 0.15) is 52.5 Å². The van der Waals surface area contributed by atoms with Crippen LogP contribution in [0.25, 0.3) is 0 Å². The molecule has 2 atom stereocenters. The second-order valence-electron chi connectivity index (χ2n) is 9.24. The Hall–Kier alpha value is -3.88. The molecule has 1 N–H and O–H groups in total. The van der Waals surface area contributed by atoms with Crippen molar-refractivity contribution in [2.24, 2.45) is 5.10 Å². The van der Waals surface area contributed by atoms with Gasteiger partial charge in [-0.2, -0.15) is 5.10 Å². The van der Waals surface area contributed by atoms with Crippen LogP contribution < -0.4 is 10.4 Å². The number of ether oxygens (including phenoxy) is 1. The van der Waals surface area contributed by atoms with Gasteiger partial charge in [-0.05, 0) is 49.1 Å². The van der Waals surface area contributed by atoms with E-state index in [-0.39, 0.29) is 23.6 Å². The fourth-order valence-electron chi connectivity index (χ4n) is 5.21. The van der Waals surface area contributed by atoms with Crippen LogP contribution >= 0.6 is 0 Å². The predicted octanol–water partition coefficient (Wildman–Crippen LogP) is 3.00. The molecule has 1 aromatic carbocycles.